The third-order valence-electron chi connectivity index (χ3n) is 7.44. The third-order valence-corrected chi connectivity index (χ3v) is 8.67. The van der Waals surface area contributed by atoms with E-state index in [1.54, 1.807) is 27.4 Å². The molecule has 0 unspecified atom stereocenters. The standard InChI is InChI=1S/C21H25.C9H7.C6H10.Zr/c1-20(2,3)16-7-9-18-14(12-16)11-15-13-17(21(4,5)6)8-10-19(15)18;1-2-5-9-7-3-6-8(9)4-1;1-2-4-6-5-3-1;/h7-13H,1-6H3;1-7H;1-5H2;/q2*-1;;+2. The molecule has 0 N–H and O–H groups in total. The summed E-state index contributed by atoms with van der Waals surface area (Å²) in [6, 6.07) is 30.8. The fourth-order valence-corrected chi connectivity index (χ4v) is 5.87. The van der Waals surface area contributed by atoms with Crippen molar-refractivity contribution < 1.29 is 24.2 Å². The van der Waals surface area contributed by atoms with Crippen LogP contribution in [0.4, 0.5) is 0 Å². The first-order valence-electron chi connectivity index (χ1n) is 13.8. The van der Waals surface area contributed by atoms with Gasteiger partial charge >= 0.3 is 59.5 Å². The Morgan fingerprint density at radius 3 is 1.62 bits per heavy atom. The minimum Gasteiger partial charge on any atom is -0.168 e. The van der Waals surface area contributed by atoms with Crippen LogP contribution in [-0.2, 0) is 35.1 Å². The maximum absolute atomic E-state index is 2.35. The predicted molar refractivity (Wildman–Crippen MR) is 162 cm³/mol. The van der Waals surface area contributed by atoms with E-state index in [-0.39, 0.29) is 10.8 Å². The zero-order chi connectivity index (χ0) is 26.6. The molecule has 0 amide bonds. The van der Waals surface area contributed by atoms with Gasteiger partial charge in [-0.15, -0.1) is 69.4 Å². The van der Waals surface area contributed by atoms with Gasteiger partial charge in [0.2, 0.25) is 0 Å². The molecule has 5 aromatic rings. The van der Waals surface area contributed by atoms with Crippen molar-refractivity contribution in [1.82, 2.24) is 0 Å². The molecule has 6 rings (SSSR count). The molecule has 0 bridgehead atoms. The second kappa shape index (κ2) is 11.7. The summed E-state index contributed by atoms with van der Waals surface area (Å²) in [5.74, 6) is 0. The summed E-state index contributed by atoms with van der Waals surface area (Å²) in [6.07, 6.45) is 7.32. The Morgan fingerprint density at radius 2 is 1.16 bits per heavy atom. The van der Waals surface area contributed by atoms with Crippen LogP contribution in [-0.4, -0.2) is 3.21 Å². The van der Waals surface area contributed by atoms with E-state index in [0.29, 0.717) is 0 Å². The van der Waals surface area contributed by atoms with E-state index in [2.05, 4.69) is 126 Å². The molecule has 0 heterocycles. The number of rotatable bonds is 0. The molecular weight excluding hydrogens is 524 g/mol. The SMILES string of the molecule is CC(C)(C)c1ccc2c(c1)[cH-]c1cc(C(C)(C)C)ccc12.[Zr+2]=[C]1CCCCC1.c1ccc2[cH-]ccc2c1. The van der Waals surface area contributed by atoms with Crippen molar-refractivity contribution in [1.29, 1.82) is 0 Å². The number of hydrogen-bond acceptors (Lipinski definition) is 0. The fraction of sp³-hybridized carbons (Fsp3) is 0.361. The van der Waals surface area contributed by atoms with Crippen LogP contribution in [0.15, 0.2) is 84.9 Å². The number of benzene rings is 3. The fourth-order valence-electron chi connectivity index (χ4n) is 5.00. The van der Waals surface area contributed by atoms with E-state index < -0.39 is 0 Å². The second-order valence-corrected chi connectivity index (χ2v) is 14.3. The normalized spacial score (nSPS) is 14.3. The van der Waals surface area contributed by atoms with Gasteiger partial charge in [0.15, 0.2) is 0 Å². The van der Waals surface area contributed by atoms with Gasteiger partial charge in [0, 0.05) is 0 Å². The first-order valence-corrected chi connectivity index (χ1v) is 15.1. The first-order chi connectivity index (χ1) is 17.5. The minimum absolute atomic E-state index is 0.203. The summed E-state index contributed by atoms with van der Waals surface area (Å²) in [7, 11) is 0. The third kappa shape index (κ3) is 7.26. The molecule has 1 heteroatoms. The van der Waals surface area contributed by atoms with Crippen LogP contribution < -0.4 is 0 Å². The average Bonchev–Trinajstić information content (AvgIpc) is 3.48. The zero-order valence-corrected chi connectivity index (χ0v) is 26.1. The van der Waals surface area contributed by atoms with Gasteiger partial charge in [0.1, 0.15) is 0 Å². The molecule has 0 atom stereocenters. The Labute approximate surface area is 239 Å². The second-order valence-electron chi connectivity index (χ2n) is 12.6. The van der Waals surface area contributed by atoms with Crippen LogP contribution >= 0.6 is 0 Å². The van der Waals surface area contributed by atoms with Crippen LogP contribution in [0.5, 0.6) is 0 Å². The molecule has 0 saturated heterocycles. The topological polar surface area (TPSA) is 0 Å². The van der Waals surface area contributed by atoms with Crippen molar-refractivity contribution in [3.63, 3.8) is 0 Å². The maximum Gasteiger partial charge on any atom is -0.0809 e. The van der Waals surface area contributed by atoms with Crippen molar-refractivity contribution in [2.75, 3.05) is 0 Å². The van der Waals surface area contributed by atoms with E-state index in [9.17, 15) is 0 Å². The van der Waals surface area contributed by atoms with Crippen molar-refractivity contribution >= 4 is 35.5 Å². The van der Waals surface area contributed by atoms with Gasteiger partial charge in [-0.2, -0.15) is 17.5 Å². The van der Waals surface area contributed by atoms with Gasteiger partial charge in [-0.25, -0.2) is 0 Å². The Morgan fingerprint density at radius 1 is 0.622 bits per heavy atom. The average molecular weight is 566 g/mol. The summed E-state index contributed by atoms with van der Waals surface area (Å²) in [4.78, 5) is 0. The minimum atomic E-state index is 0.203. The molecule has 0 aliphatic heterocycles. The van der Waals surface area contributed by atoms with Crippen LogP contribution in [0.1, 0.15) is 84.8 Å². The Hall–Kier alpha value is -2.11. The number of hydrogen-bond donors (Lipinski definition) is 0. The van der Waals surface area contributed by atoms with E-state index in [1.807, 2.05) is 0 Å². The molecule has 0 spiro atoms. The zero-order valence-electron chi connectivity index (χ0n) is 23.6. The molecule has 0 aromatic heterocycles. The van der Waals surface area contributed by atoms with Crippen LogP contribution in [0.3, 0.4) is 0 Å². The van der Waals surface area contributed by atoms with Crippen LogP contribution in [0, 0.1) is 0 Å². The predicted octanol–water partition coefficient (Wildman–Crippen LogP) is 10.5. The molecule has 37 heavy (non-hydrogen) atoms. The molecule has 0 nitrogen and oxygen atoms in total. The van der Waals surface area contributed by atoms with Crippen molar-refractivity contribution in [2.45, 2.75) is 84.5 Å². The number of fused-ring (bicyclic) bond motifs is 4. The largest absolute Gasteiger partial charge is 0.168 e. The van der Waals surface area contributed by atoms with Gasteiger partial charge in [0.25, 0.3) is 0 Å². The molecule has 1 aliphatic carbocycles. The Kier molecular flexibility index (Phi) is 8.86. The summed E-state index contributed by atoms with van der Waals surface area (Å²) in [5, 5.41) is 8.14. The van der Waals surface area contributed by atoms with Crippen molar-refractivity contribution in [2.24, 2.45) is 0 Å². The summed E-state index contributed by atoms with van der Waals surface area (Å²) < 4.78 is 1.80. The molecule has 1 aliphatic rings. The van der Waals surface area contributed by atoms with E-state index in [4.69, 9.17) is 0 Å². The molecule has 1 saturated carbocycles. The van der Waals surface area contributed by atoms with E-state index in [0.717, 1.165) is 0 Å². The Bertz CT molecular complexity index is 1370. The van der Waals surface area contributed by atoms with Gasteiger partial charge in [-0.3, -0.25) is 0 Å². The molecule has 0 radical (unpaired) electrons. The van der Waals surface area contributed by atoms with Crippen molar-refractivity contribution in [3.8, 4) is 0 Å². The molecule has 1 fully saturated rings. The summed E-state index contributed by atoms with van der Waals surface area (Å²) >= 11 is 1.69. The van der Waals surface area contributed by atoms with Crippen LogP contribution in [0.2, 0.25) is 0 Å². The summed E-state index contributed by atoms with van der Waals surface area (Å²) in [5.41, 5.74) is 3.21. The van der Waals surface area contributed by atoms with Gasteiger partial charge < -0.3 is 0 Å². The maximum atomic E-state index is 2.35. The van der Waals surface area contributed by atoms with Gasteiger partial charge in [0.05, 0.1) is 0 Å². The van der Waals surface area contributed by atoms with Gasteiger partial charge in [-0.05, 0) is 10.8 Å². The van der Waals surface area contributed by atoms with Crippen LogP contribution in [0.25, 0.3) is 32.3 Å². The van der Waals surface area contributed by atoms with Gasteiger partial charge in [-0.1, -0.05) is 83.0 Å². The summed E-state index contributed by atoms with van der Waals surface area (Å²) in [6.45, 7) is 13.6. The molecular formula is C36H42Zr. The molecule has 190 valence electrons. The smallest absolute Gasteiger partial charge is 0.0809 e. The van der Waals surface area contributed by atoms with Crippen molar-refractivity contribution in [3.05, 3.63) is 96.1 Å². The first kappa shape index (κ1) is 27.9. The quantitative estimate of drug-likeness (QED) is 0.164. The monoisotopic (exact) mass is 564 g/mol. The molecule has 5 aromatic carbocycles. The van der Waals surface area contributed by atoms with E-state index in [1.165, 1.54) is 75.5 Å². The van der Waals surface area contributed by atoms with E-state index >= 15 is 0 Å². The Balaban J connectivity index is 0.000000162.